The molecule has 2 aliphatic heterocycles. The second-order valence-corrected chi connectivity index (χ2v) is 5.34. The molecule has 0 saturated carbocycles. The van der Waals surface area contributed by atoms with Gasteiger partial charge in [-0.05, 0) is 30.2 Å². The van der Waals surface area contributed by atoms with Gasteiger partial charge in [-0.3, -0.25) is 24.5 Å². The zero-order chi connectivity index (χ0) is 15.9. The van der Waals surface area contributed by atoms with Crippen LogP contribution in [0.2, 0.25) is 0 Å². The third kappa shape index (κ3) is 2.22. The third-order valence-electron chi connectivity index (χ3n) is 3.99. The first-order valence-electron chi connectivity index (χ1n) is 6.95. The molecule has 0 radical (unpaired) electrons. The molecule has 112 valence electrons. The van der Waals surface area contributed by atoms with Crippen molar-refractivity contribution >= 4 is 23.5 Å². The Morgan fingerprint density at radius 1 is 1.32 bits per heavy atom. The van der Waals surface area contributed by atoms with E-state index < -0.39 is 11.9 Å². The maximum absolute atomic E-state index is 12.4. The molecular formula is C16H14N2O4. The Morgan fingerprint density at radius 2 is 2.09 bits per heavy atom. The van der Waals surface area contributed by atoms with Crippen molar-refractivity contribution in [1.29, 1.82) is 0 Å². The fourth-order valence-electron chi connectivity index (χ4n) is 2.85. The number of allylic oxidation sites excluding steroid dienone is 1. The minimum Gasteiger partial charge on any atom is -0.322 e. The molecule has 6 nitrogen and oxygen atoms in total. The van der Waals surface area contributed by atoms with Gasteiger partial charge in [-0.1, -0.05) is 12.6 Å². The number of amides is 3. The van der Waals surface area contributed by atoms with Crippen molar-refractivity contribution in [2.75, 3.05) is 0 Å². The number of benzene rings is 1. The maximum Gasteiger partial charge on any atom is 0.255 e. The summed E-state index contributed by atoms with van der Waals surface area (Å²) >= 11 is 0. The number of carbonyl (C=O) groups is 4. The van der Waals surface area contributed by atoms with Crippen LogP contribution in [0, 0.1) is 0 Å². The largest absolute Gasteiger partial charge is 0.322 e. The van der Waals surface area contributed by atoms with Gasteiger partial charge in [-0.25, -0.2) is 0 Å². The van der Waals surface area contributed by atoms with E-state index in [1.807, 2.05) is 0 Å². The summed E-state index contributed by atoms with van der Waals surface area (Å²) in [4.78, 5) is 48.7. The number of nitrogens with zero attached hydrogens (tertiary/aromatic N) is 1. The number of imide groups is 1. The van der Waals surface area contributed by atoms with Gasteiger partial charge in [0.1, 0.15) is 6.04 Å². The predicted molar refractivity (Wildman–Crippen MR) is 77.0 cm³/mol. The molecule has 22 heavy (non-hydrogen) atoms. The molecule has 0 aliphatic carbocycles. The molecule has 1 atom stereocenters. The van der Waals surface area contributed by atoms with E-state index in [-0.39, 0.29) is 30.6 Å². The van der Waals surface area contributed by atoms with Crippen molar-refractivity contribution in [1.82, 2.24) is 10.2 Å². The van der Waals surface area contributed by atoms with Crippen LogP contribution in [-0.2, 0) is 16.1 Å². The van der Waals surface area contributed by atoms with E-state index >= 15 is 0 Å². The predicted octanol–water partition coefficient (Wildman–Crippen LogP) is 0.816. The van der Waals surface area contributed by atoms with Gasteiger partial charge in [0.05, 0.1) is 0 Å². The normalized spacial score (nSPS) is 20.6. The highest BCUT2D eigenvalue weighted by atomic mass is 16.2. The average Bonchev–Trinajstić information content (AvgIpc) is 2.83. The number of ketones is 1. The molecule has 0 aromatic heterocycles. The van der Waals surface area contributed by atoms with Crippen LogP contribution in [0.5, 0.6) is 0 Å². The van der Waals surface area contributed by atoms with Gasteiger partial charge in [-0.15, -0.1) is 0 Å². The number of rotatable bonds is 3. The Hall–Kier alpha value is -2.76. The Bertz CT molecular complexity index is 723. The van der Waals surface area contributed by atoms with Crippen LogP contribution in [0.15, 0.2) is 30.9 Å². The minimum absolute atomic E-state index is 0.213. The van der Waals surface area contributed by atoms with Crippen LogP contribution in [-0.4, -0.2) is 34.4 Å². The van der Waals surface area contributed by atoms with E-state index in [2.05, 4.69) is 11.9 Å². The smallest absolute Gasteiger partial charge is 0.255 e. The molecule has 6 heteroatoms. The topological polar surface area (TPSA) is 83.6 Å². The summed E-state index contributed by atoms with van der Waals surface area (Å²) in [5, 5.41) is 2.25. The Morgan fingerprint density at radius 3 is 2.77 bits per heavy atom. The number of hydrogen-bond acceptors (Lipinski definition) is 4. The summed E-state index contributed by atoms with van der Waals surface area (Å²) in [6.07, 6.45) is 1.76. The standard InChI is InChI=1S/C16H14N2O4/c1-2-13(19)9-3-4-11-10(7-9)8-18(16(11)22)12-5-6-14(20)17-15(12)21/h2-4,7,12H,1,5-6,8H2,(H,17,20,21). The monoisotopic (exact) mass is 298 g/mol. The van der Waals surface area contributed by atoms with Crippen LogP contribution >= 0.6 is 0 Å². The molecule has 1 N–H and O–H groups in total. The maximum atomic E-state index is 12.4. The highest BCUT2D eigenvalue weighted by Crippen LogP contribution is 2.28. The fourth-order valence-corrected chi connectivity index (χ4v) is 2.85. The molecule has 1 fully saturated rings. The van der Waals surface area contributed by atoms with E-state index in [0.29, 0.717) is 23.1 Å². The molecule has 1 unspecified atom stereocenters. The van der Waals surface area contributed by atoms with Crippen molar-refractivity contribution in [3.63, 3.8) is 0 Å². The number of hydrogen-bond donors (Lipinski definition) is 1. The van der Waals surface area contributed by atoms with Gasteiger partial charge < -0.3 is 4.90 Å². The number of fused-ring (bicyclic) bond motifs is 1. The van der Waals surface area contributed by atoms with Gasteiger partial charge >= 0.3 is 0 Å². The summed E-state index contributed by atoms with van der Waals surface area (Å²) in [6, 6.07) is 4.19. The summed E-state index contributed by atoms with van der Waals surface area (Å²) < 4.78 is 0. The number of nitrogens with one attached hydrogen (secondary N) is 1. The second-order valence-electron chi connectivity index (χ2n) is 5.34. The van der Waals surface area contributed by atoms with Crippen molar-refractivity contribution in [2.24, 2.45) is 0 Å². The molecule has 0 bridgehead atoms. The lowest BCUT2D eigenvalue weighted by Crippen LogP contribution is -2.52. The van der Waals surface area contributed by atoms with Crippen molar-refractivity contribution in [3.05, 3.63) is 47.5 Å². The Balaban J connectivity index is 1.87. The summed E-state index contributed by atoms with van der Waals surface area (Å²) in [5.74, 6) is -1.22. The molecule has 0 spiro atoms. The van der Waals surface area contributed by atoms with Crippen molar-refractivity contribution < 1.29 is 19.2 Å². The van der Waals surface area contributed by atoms with E-state index in [1.54, 1.807) is 18.2 Å². The minimum atomic E-state index is -0.642. The average molecular weight is 298 g/mol. The van der Waals surface area contributed by atoms with Gasteiger partial charge in [-0.2, -0.15) is 0 Å². The molecule has 2 aliphatic rings. The first kappa shape index (κ1) is 14.2. The van der Waals surface area contributed by atoms with Crippen LogP contribution in [0.3, 0.4) is 0 Å². The lowest BCUT2D eigenvalue weighted by Gasteiger charge is -2.29. The second kappa shape index (κ2) is 5.22. The third-order valence-corrected chi connectivity index (χ3v) is 3.99. The quantitative estimate of drug-likeness (QED) is 0.508. The zero-order valence-electron chi connectivity index (χ0n) is 11.8. The molecule has 2 heterocycles. The molecule has 1 saturated heterocycles. The highest BCUT2D eigenvalue weighted by molar-refractivity contribution is 6.07. The molecule has 1 aromatic carbocycles. The zero-order valence-corrected chi connectivity index (χ0v) is 11.8. The van der Waals surface area contributed by atoms with Crippen molar-refractivity contribution in [2.45, 2.75) is 25.4 Å². The van der Waals surface area contributed by atoms with Crippen LogP contribution < -0.4 is 5.32 Å². The Kier molecular flexibility index (Phi) is 3.36. The molecule has 3 rings (SSSR count). The van der Waals surface area contributed by atoms with Gasteiger partial charge in [0, 0.05) is 24.1 Å². The molecule has 3 amide bonds. The Labute approximate surface area is 126 Å². The summed E-state index contributed by atoms with van der Waals surface area (Å²) in [7, 11) is 0. The summed E-state index contributed by atoms with van der Waals surface area (Å²) in [5.41, 5.74) is 1.67. The SMILES string of the molecule is C=CC(=O)c1ccc2c(c1)CN(C1CCC(=O)NC1=O)C2=O. The van der Waals surface area contributed by atoms with Gasteiger partial charge in [0.15, 0.2) is 5.78 Å². The number of piperidine rings is 1. The first-order chi connectivity index (χ1) is 10.5. The fraction of sp³-hybridized carbons (Fsp3) is 0.250. The number of carbonyl (C=O) groups excluding carboxylic acids is 4. The van der Waals surface area contributed by atoms with E-state index in [0.717, 1.165) is 0 Å². The van der Waals surface area contributed by atoms with Crippen LogP contribution in [0.4, 0.5) is 0 Å². The highest BCUT2D eigenvalue weighted by Gasteiger charge is 2.39. The van der Waals surface area contributed by atoms with Crippen LogP contribution in [0.1, 0.15) is 39.1 Å². The van der Waals surface area contributed by atoms with Gasteiger partial charge in [0.2, 0.25) is 11.8 Å². The summed E-state index contributed by atoms with van der Waals surface area (Å²) in [6.45, 7) is 3.70. The first-order valence-corrected chi connectivity index (χ1v) is 6.95. The van der Waals surface area contributed by atoms with Crippen LogP contribution in [0.25, 0.3) is 0 Å². The van der Waals surface area contributed by atoms with E-state index in [9.17, 15) is 19.2 Å². The van der Waals surface area contributed by atoms with Crippen molar-refractivity contribution in [3.8, 4) is 0 Å². The lowest BCUT2D eigenvalue weighted by molar-refractivity contribution is -0.136. The van der Waals surface area contributed by atoms with E-state index in [4.69, 9.17) is 0 Å². The van der Waals surface area contributed by atoms with Gasteiger partial charge in [0.25, 0.3) is 5.91 Å². The lowest BCUT2D eigenvalue weighted by atomic mass is 10.0. The molecule has 1 aromatic rings. The molecular weight excluding hydrogens is 284 g/mol. The van der Waals surface area contributed by atoms with E-state index in [1.165, 1.54) is 11.0 Å².